The lowest BCUT2D eigenvalue weighted by molar-refractivity contribution is -0.117. The molecular weight excluding hydrogens is 282 g/mol. The molecule has 1 heterocycles. The van der Waals surface area contributed by atoms with Crippen LogP contribution in [0, 0.1) is 11.6 Å². The van der Waals surface area contributed by atoms with Gasteiger partial charge in [0.25, 0.3) is 0 Å². The molecule has 0 aromatic carbocycles. The normalized spacial score (nSPS) is 14.2. The molecule has 0 aliphatic heterocycles. The average molecular weight is 300 g/mol. The van der Waals surface area contributed by atoms with Gasteiger partial charge in [-0.25, -0.2) is 13.6 Å². The first-order chi connectivity index (χ1) is 9.53. The van der Waals surface area contributed by atoms with Gasteiger partial charge in [0, 0.05) is 7.05 Å². The number of halogens is 2. The second kappa shape index (κ2) is 5.75. The number of amides is 1. The molecule has 1 amide bonds. The van der Waals surface area contributed by atoms with Crippen molar-refractivity contribution >= 4 is 12.4 Å². The van der Waals surface area contributed by atoms with Crippen molar-refractivity contribution in [1.29, 1.82) is 0 Å². The first kappa shape index (κ1) is 17.0. The van der Waals surface area contributed by atoms with Gasteiger partial charge >= 0.3 is 6.09 Å². The van der Waals surface area contributed by atoms with Gasteiger partial charge in [0.2, 0.25) is 0 Å². The van der Waals surface area contributed by atoms with E-state index in [1.165, 1.54) is 14.0 Å². The Labute approximate surface area is 121 Å². The van der Waals surface area contributed by atoms with Gasteiger partial charge in [-0.1, -0.05) is 0 Å². The van der Waals surface area contributed by atoms with Crippen molar-refractivity contribution in [1.82, 2.24) is 9.88 Å². The van der Waals surface area contributed by atoms with E-state index in [1.807, 2.05) is 0 Å². The van der Waals surface area contributed by atoms with Crippen LogP contribution in [-0.2, 0) is 15.1 Å². The van der Waals surface area contributed by atoms with Crippen LogP contribution in [0.5, 0.6) is 0 Å². The standard InChI is InChI=1S/C14H18F2N2O3/c1-13(2,3)21-12(20)18(5)14(4,8-19)11-9(15)6-17-7-10(11)16/h6-8H,1-5H3. The smallest absolute Gasteiger partial charge is 0.411 e. The van der Waals surface area contributed by atoms with E-state index in [0.29, 0.717) is 6.29 Å². The zero-order valence-electron chi connectivity index (χ0n) is 12.6. The van der Waals surface area contributed by atoms with Gasteiger partial charge in [0.15, 0.2) is 0 Å². The zero-order valence-corrected chi connectivity index (χ0v) is 12.6. The summed E-state index contributed by atoms with van der Waals surface area (Å²) >= 11 is 0. The number of likely N-dealkylation sites (N-methyl/N-ethyl adjacent to an activating group) is 1. The van der Waals surface area contributed by atoms with Crippen LogP contribution >= 0.6 is 0 Å². The number of rotatable bonds is 3. The Kier molecular flexibility index (Phi) is 4.65. The first-order valence-corrected chi connectivity index (χ1v) is 6.25. The van der Waals surface area contributed by atoms with Crippen LogP contribution in [0.15, 0.2) is 12.4 Å². The summed E-state index contributed by atoms with van der Waals surface area (Å²) in [5.74, 6) is -2.03. The molecule has 1 atom stereocenters. The summed E-state index contributed by atoms with van der Waals surface area (Å²) in [5, 5.41) is 0. The molecule has 1 aromatic heterocycles. The Morgan fingerprint density at radius 3 is 2.10 bits per heavy atom. The minimum absolute atomic E-state index is 0.290. The Hall–Kier alpha value is -2.05. The lowest BCUT2D eigenvalue weighted by Crippen LogP contribution is -2.49. The number of hydrogen-bond acceptors (Lipinski definition) is 4. The van der Waals surface area contributed by atoms with Crippen LogP contribution in [0.2, 0.25) is 0 Å². The maximum atomic E-state index is 13.9. The third-order valence-electron chi connectivity index (χ3n) is 2.95. The summed E-state index contributed by atoms with van der Waals surface area (Å²) in [5.41, 5.74) is -3.20. The van der Waals surface area contributed by atoms with Crippen molar-refractivity contribution in [3.8, 4) is 0 Å². The molecule has 0 N–H and O–H groups in total. The fourth-order valence-corrected chi connectivity index (χ4v) is 1.72. The van der Waals surface area contributed by atoms with Crippen molar-refractivity contribution in [2.45, 2.75) is 38.8 Å². The van der Waals surface area contributed by atoms with Crippen molar-refractivity contribution in [2.75, 3.05) is 7.05 Å². The van der Waals surface area contributed by atoms with Crippen LogP contribution in [0.25, 0.3) is 0 Å². The van der Waals surface area contributed by atoms with Crippen molar-refractivity contribution in [3.63, 3.8) is 0 Å². The SMILES string of the molecule is CN(C(=O)OC(C)(C)C)C(C)(C=O)c1c(F)cncc1F. The molecule has 7 heteroatoms. The van der Waals surface area contributed by atoms with Crippen molar-refractivity contribution in [3.05, 3.63) is 29.6 Å². The second-order valence-corrected chi connectivity index (χ2v) is 5.78. The molecule has 0 bridgehead atoms. The fourth-order valence-electron chi connectivity index (χ4n) is 1.72. The van der Waals surface area contributed by atoms with Gasteiger partial charge in [-0.3, -0.25) is 9.88 Å². The molecule has 0 aliphatic carbocycles. The maximum absolute atomic E-state index is 13.9. The van der Waals surface area contributed by atoms with Gasteiger partial charge in [-0.05, 0) is 27.7 Å². The Balaban J connectivity index is 3.27. The van der Waals surface area contributed by atoms with Crippen molar-refractivity contribution in [2.24, 2.45) is 0 Å². The van der Waals surface area contributed by atoms with E-state index < -0.39 is 34.4 Å². The lowest BCUT2D eigenvalue weighted by Gasteiger charge is -2.35. The number of nitrogens with zero attached hydrogens (tertiary/aromatic N) is 2. The van der Waals surface area contributed by atoms with Gasteiger partial charge in [-0.2, -0.15) is 0 Å². The number of carbonyl (C=O) groups excluding carboxylic acids is 2. The first-order valence-electron chi connectivity index (χ1n) is 6.25. The van der Waals surface area contributed by atoms with Gasteiger partial charge < -0.3 is 9.53 Å². The second-order valence-electron chi connectivity index (χ2n) is 5.78. The summed E-state index contributed by atoms with van der Waals surface area (Å²) in [4.78, 5) is 27.7. The topological polar surface area (TPSA) is 59.5 Å². The van der Waals surface area contributed by atoms with E-state index in [0.717, 1.165) is 17.3 Å². The molecule has 0 aliphatic rings. The average Bonchev–Trinajstić information content (AvgIpc) is 2.35. The third-order valence-corrected chi connectivity index (χ3v) is 2.95. The Morgan fingerprint density at radius 1 is 1.24 bits per heavy atom. The predicted octanol–water partition coefficient (Wildman–Crippen LogP) is 2.64. The molecule has 0 radical (unpaired) electrons. The zero-order chi connectivity index (χ0) is 16.4. The minimum Gasteiger partial charge on any atom is -0.444 e. The molecule has 0 saturated heterocycles. The van der Waals surface area contributed by atoms with Crippen LogP contribution in [0.1, 0.15) is 33.3 Å². The van der Waals surface area contributed by atoms with Gasteiger partial charge in [0.05, 0.1) is 18.0 Å². The summed E-state index contributed by atoms with van der Waals surface area (Å²) in [6.07, 6.45) is 0.984. The highest BCUT2D eigenvalue weighted by molar-refractivity contribution is 5.78. The molecule has 1 unspecified atom stereocenters. The minimum atomic E-state index is -1.85. The highest BCUT2D eigenvalue weighted by atomic mass is 19.1. The summed E-state index contributed by atoms with van der Waals surface area (Å²) in [7, 11) is 1.24. The number of pyridine rings is 1. The van der Waals surface area contributed by atoms with Gasteiger partial charge in [0.1, 0.15) is 29.1 Å². The predicted molar refractivity (Wildman–Crippen MR) is 71.6 cm³/mol. The van der Waals surface area contributed by atoms with Gasteiger partial charge in [-0.15, -0.1) is 0 Å². The molecule has 0 saturated carbocycles. The molecule has 5 nitrogen and oxygen atoms in total. The van der Waals surface area contributed by atoms with E-state index in [-0.39, 0.29) is 0 Å². The fraction of sp³-hybridized carbons (Fsp3) is 0.500. The monoisotopic (exact) mass is 300 g/mol. The Morgan fingerprint density at radius 2 is 1.71 bits per heavy atom. The van der Waals surface area contributed by atoms with E-state index >= 15 is 0 Å². The quantitative estimate of drug-likeness (QED) is 0.805. The number of ether oxygens (including phenoxy) is 1. The molecular formula is C14H18F2N2O3. The maximum Gasteiger partial charge on any atom is 0.411 e. The van der Waals surface area contributed by atoms with E-state index in [9.17, 15) is 18.4 Å². The highest BCUT2D eigenvalue weighted by Crippen LogP contribution is 2.30. The molecule has 1 rings (SSSR count). The summed E-state index contributed by atoms with van der Waals surface area (Å²) < 4.78 is 32.8. The molecule has 1 aromatic rings. The van der Waals surface area contributed by atoms with E-state index in [2.05, 4.69) is 4.98 Å². The van der Waals surface area contributed by atoms with Crippen LogP contribution in [0.3, 0.4) is 0 Å². The number of aromatic nitrogens is 1. The molecule has 116 valence electrons. The summed E-state index contributed by atoms with van der Waals surface area (Å²) in [6, 6.07) is 0. The molecule has 0 fully saturated rings. The number of aldehydes is 1. The van der Waals surface area contributed by atoms with Crippen LogP contribution in [-0.4, -0.2) is 34.9 Å². The lowest BCUT2D eigenvalue weighted by atomic mass is 9.92. The van der Waals surface area contributed by atoms with Crippen molar-refractivity contribution < 1.29 is 23.1 Å². The summed E-state index contributed by atoms with van der Waals surface area (Å²) in [6.45, 7) is 6.16. The Bertz CT molecular complexity index is 537. The number of carbonyl (C=O) groups is 2. The molecule has 21 heavy (non-hydrogen) atoms. The molecule has 0 spiro atoms. The van der Waals surface area contributed by atoms with Crippen LogP contribution < -0.4 is 0 Å². The largest absolute Gasteiger partial charge is 0.444 e. The third kappa shape index (κ3) is 3.53. The number of hydrogen-bond donors (Lipinski definition) is 0. The highest BCUT2D eigenvalue weighted by Gasteiger charge is 2.41. The van der Waals surface area contributed by atoms with E-state index in [1.54, 1.807) is 20.8 Å². The van der Waals surface area contributed by atoms with E-state index in [4.69, 9.17) is 4.74 Å². The van der Waals surface area contributed by atoms with Crippen LogP contribution in [0.4, 0.5) is 13.6 Å².